The first-order valence-electron chi connectivity index (χ1n) is 7.92. The number of hydrogen-bond acceptors (Lipinski definition) is 2. The zero-order valence-electron chi connectivity index (χ0n) is 12.9. The van der Waals surface area contributed by atoms with E-state index in [0.29, 0.717) is 5.75 Å². The number of benzene rings is 2. The Hall–Kier alpha value is -1.45. The quantitative estimate of drug-likeness (QED) is 0.845. The van der Waals surface area contributed by atoms with Gasteiger partial charge in [-0.25, -0.2) is 0 Å². The lowest BCUT2D eigenvalue weighted by Gasteiger charge is -2.26. The lowest BCUT2D eigenvalue weighted by molar-refractivity contribution is -0.119. The van der Waals surface area contributed by atoms with Gasteiger partial charge in [0.15, 0.2) is 0 Å². The number of fused-ring (bicyclic) bond motifs is 1. The lowest BCUT2D eigenvalue weighted by Crippen LogP contribution is -2.32. The Balaban J connectivity index is 1.49. The lowest BCUT2D eigenvalue weighted by atomic mass is 9.88. The smallest absolute Gasteiger partial charge is 0.230 e. The van der Waals surface area contributed by atoms with Crippen molar-refractivity contribution in [1.82, 2.24) is 5.32 Å². The van der Waals surface area contributed by atoms with E-state index in [1.165, 1.54) is 16.7 Å². The average molecular weight is 346 g/mol. The summed E-state index contributed by atoms with van der Waals surface area (Å²) in [5, 5.41) is 3.93. The molecule has 1 aliphatic carbocycles. The van der Waals surface area contributed by atoms with Crippen molar-refractivity contribution >= 4 is 29.3 Å². The zero-order valence-corrected chi connectivity index (χ0v) is 14.5. The molecular formula is C19H20ClNOS. The van der Waals surface area contributed by atoms with Gasteiger partial charge in [-0.1, -0.05) is 48.0 Å². The summed E-state index contributed by atoms with van der Waals surface area (Å²) in [5.74, 6) is 1.43. The molecule has 2 nitrogen and oxygen atoms in total. The number of hydrogen-bond donors (Lipinski definition) is 1. The Kier molecular flexibility index (Phi) is 5.63. The van der Waals surface area contributed by atoms with Crippen molar-refractivity contribution in [2.24, 2.45) is 0 Å². The van der Waals surface area contributed by atoms with Crippen molar-refractivity contribution in [3.63, 3.8) is 0 Å². The first kappa shape index (κ1) is 16.4. The molecule has 2 aromatic carbocycles. The number of carbonyl (C=O) groups is 1. The first-order valence-corrected chi connectivity index (χ1v) is 9.45. The fraction of sp³-hybridized carbons (Fsp3) is 0.316. The molecular weight excluding hydrogens is 326 g/mol. The monoisotopic (exact) mass is 345 g/mol. The van der Waals surface area contributed by atoms with Crippen LogP contribution in [0.15, 0.2) is 48.5 Å². The van der Waals surface area contributed by atoms with Crippen LogP contribution in [0.1, 0.15) is 35.6 Å². The highest BCUT2D eigenvalue weighted by atomic mass is 35.5. The zero-order chi connectivity index (χ0) is 16.1. The standard InChI is InChI=1S/C19H20ClNOS/c20-16-10-8-14(9-11-16)12-23-13-19(22)21-18-7-3-5-15-4-1-2-6-17(15)18/h1-2,4,6,8-11,18H,3,5,7,12-13H2,(H,21,22). The molecule has 1 N–H and O–H groups in total. The fourth-order valence-corrected chi connectivity index (χ4v) is 3.91. The van der Waals surface area contributed by atoms with Crippen LogP contribution in [0, 0.1) is 0 Å². The van der Waals surface area contributed by atoms with Crippen molar-refractivity contribution in [3.05, 3.63) is 70.2 Å². The number of thioether (sulfide) groups is 1. The predicted molar refractivity (Wildman–Crippen MR) is 97.9 cm³/mol. The Morgan fingerprint density at radius 2 is 1.96 bits per heavy atom. The summed E-state index contributed by atoms with van der Waals surface area (Å²) in [6.07, 6.45) is 3.29. The molecule has 0 bridgehead atoms. The van der Waals surface area contributed by atoms with E-state index < -0.39 is 0 Å². The maximum absolute atomic E-state index is 12.2. The van der Waals surface area contributed by atoms with E-state index >= 15 is 0 Å². The highest BCUT2D eigenvalue weighted by molar-refractivity contribution is 7.99. The van der Waals surface area contributed by atoms with Gasteiger partial charge in [0.25, 0.3) is 0 Å². The van der Waals surface area contributed by atoms with Crippen LogP contribution in [-0.2, 0) is 17.0 Å². The molecule has 23 heavy (non-hydrogen) atoms. The van der Waals surface area contributed by atoms with E-state index in [-0.39, 0.29) is 11.9 Å². The summed E-state index contributed by atoms with van der Waals surface area (Å²) in [4.78, 5) is 12.2. The summed E-state index contributed by atoms with van der Waals surface area (Å²) in [7, 11) is 0. The molecule has 3 rings (SSSR count). The Labute approximate surface area is 146 Å². The van der Waals surface area contributed by atoms with Crippen molar-refractivity contribution in [3.8, 4) is 0 Å². The Morgan fingerprint density at radius 1 is 1.17 bits per heavy atom. The highest BCUT2D eigenvalue weighted by Gasteiger charge is 2.21. The summed E-state index contributed by atoms with van der Waals surface area (Å²) >= 11 is 7.51. The predicted octanol–water partition coefficient (Wildman–Crippen LogP) is 4.77. The number of amides is 1. The highest BCUT2D eigenvalue weighted by Crippen LogP contribution is 2.29. The molecule has 1 unspecified atom stereocenters. The summed E-state index contributed by atoms with van der Waals surface area (Å²) in [6, 6.07) is 16.4. The van der Waals surface area contributed by atoms with Crippen molar-refractivity contribution in [2.75, 3.05) is 5.75 Å². The minimum absolute atomic E-state index is 0.116. The van der Waals surface area contributed by atoms with Crippen LogP contribution in [0.3, 0.4) is 0 Å². The van der Waals surface area contributed by atoms with Crippen LogP contribution >= 0.6 is 23.4 Å². The van der Waals surface area contributed by atoms with Crippen molar-refractivity contribution in [1.29, 1.82) is 0 Å². The van der Waals surface area contributed by atoms with Crippen LogP contribution in [-0.4, -0.2) is 11.7 Å². The third-order valence-electron chi connectivity index (χ3n) is 4.12. The molecule has 1 aliphatic rings. The van der Waals surface area contributed by atoms with Gasteiger partial charge >= 0.3 is 0 Å². The van der Waals surface area contributed by atoms with Gasteiger partial charge in [0.1, 0.15) is 0 Å². The second-order valence-electron chi connectivity index (χ2n) is 5.83. The summed E-state index contributed by atoms with van der Waals surface area (Å²) in [5.41, 5.74) is 3.85. The van der Waals surface area contributed by atoms with Crippen LogP contribution in [0.4, 0.5) is 0 Å². The van der Waals surface area contributed by atoms with Gasteiger partial charge < -0.3 is 5.32 Å². The number of nitrogens with one attached hydrogen (secondary N) is 1. The summed E-state index contributed by atoms with van der Waals surface area (Å²) in [6.45, 7) is 0. The molecule has 0 aliphatic heterocycles. The molecule has 0 saturated heterocycles. The van der Waals surface area contributed by atoms with E-state index in [1.54, 1.807) is 11.8 Å². The van der Waals surface area contributed by atoms with Crippen LogP contribution in [0.5, 0.6) is 0 Å². The van der Waals surface area contributed by atoms with Crippen LogP contribution in [0.25, 0.3) is 0 Å². The minimum atomic E-state index is 0.116. The summed E-state index contributed by atoms with van der Waals surface area (Å²) < 4.78 is 0. The minimum Gasteiger partial charge on any atom is -0.349 e. The first-order chi connectivity index (χ1) is 11.2. The van der Waals surface area contributed by atoms with Gasteiger partial charge in [0.05, 0.1) is 11.8 Å². The van der Waals surface area contributed by atoms with Gasteiger partial charge in [-0.15, -0.1) is 11.8 Å². The third kappa shape index (κ3) is 4.52. The third-order valence-corrected chi connectivity index (χ3v) is 5.38. The molecule has 0 saturated carbocycles. The van der Waals surface area contributed by atoms with E-state index in [1.807, 2.05) is 24.3 Å². The maximum atomic E-state index is 12.2. The molecule has 1 amide bonds. The van der Waals surface area contributed by atoms with Crippen LogP contribution in [0.2, 0.25) is 5.02 Å². The number of carbonyl (C=O) groups excluding carboxylic acids is 1. The SMILES string of the molecule is O=C(CSCc1ccc(Cl)cc1)NC1CCCc2ccccc21. The molecule has 4 heteroatoms. The Bertz CT molecular complexity index is 671. The molecule has 0 spiro atoms. The second kappa shape index (κ2) is 7.89. The van der Waals surface area contributed by atoms with Crippen LogP contribution < -0.4 is 5.32 Å². The normalized spacial score (nSPS) is 16.7. The van der Waals surface area contributed by atoms with Gasteiger partial charge in [0, 0.05) is 10.8 Å². The van der Waals surface area contributed by atoms with E-state index in [9.17, 15) is 4.79 Å². The van der Waals surface area contributed by atoms with E-state index in [2.05, 4.69) is 29.6 Å². The van der Waals surface area contributed by atoms with Gasteiger partial charge in [-0.3, -0.25) is 4.79 Å². The average Bonchev–Trinajstić information content (AvgIpc) is 2.57. The van der Waals surface area contributed by atoms with Gasteiger partial charge in [-0.05, 0) is 48.1 Å². The van der Waals surface area contributed by atoms with E-state index in [0.717, 1.165) is 30.0 Å². The van der Waals surface area contributed by atoms with Gasteiger partial charge in [0.2, 0.25) is 5.91 Å². The molecule has 1 atom stereocenters. The maximum Gasteiger partial charge on any atom is 0.230 e. The topological polar surface area (TPSA) is 29.1 Å². The Morgan fingerprint density at radius 3 is 2.78 bits per heavy atom. The number of rotatable bonds is 5. The number of halogens is 1. The fourth-order valence-electron chi connectivity index (χ4n) is 2.98. The number of aryl methyl sites for hydroxylation is 1. The molecule has 2 aromatic rings. The van der Waals surface area contributed by atoms with Gasteiger partial charge in [-0.2, -0.15) is 0 Å². The molecule has 0 aromatic heterocycles. The van der Waals surface area contributed by atoms with Crippen molar-refractivity contribution in [2.45, 2.75) is 31.1 Å². The van der Waals surface area contributed by atoms with Crippen molar-refractivity contribution < 1.29 is 4.79 Å². The second-order valence-corrected chi connectivity index (χ2v) is 7.25. The molecule has 120 valence electrons. The van der Waals surface area contributed by atoms with E-state index in [4.69, 9.17) is 11.6 Å². The molecule has 0 fully saturated rings. The molecule has 0 heterocycles. The largest absolute Gasteiger partial charge is 0.349 e. The molecule has 0 radical (unpaired) electrons.